The van der Waals surface area contributed by atoms with Gasteiger partial charge in [-0.1, -0.05) is 0 Å². The molecule has 0 atom stereocenters. The molecule has 1 saturated carbocycles. The summed E-state index contributed by atoms with van der Waals surface area (Å²) in [6, 6.07) is 0. The third-order valence-corrected chi connectivity index (χ3v) is 3.42. The number of ether oxygens (including phenoxy) is 2. The summed E-state index contributed by atoms with van der Waals surface area (Å²) in [5.74, 6) is 1.40. The van der Waals surface area contributed by atoms with Crippen LogP contribution in [0.2, 0.25) is 0 Å². The predicted octanol–water partition coefficient (Wildman–Crippen LogP) is 2.55. The second kappa shape index (κ2) is 4.16. The zero-order valence-corrected chi connectivity index (χ0v) is 8.68. The van der Waals surface area contributed by atoms with Crippen molar-refractivity contribution in [3.63, 3.8) is 0 Å². The maximum atomic E-state index is 5.72. The van der Waals surface area contributed by atoms with Crippen LogP contribution in [0.15, 0.2) is 0 Å². The summed E-state index contributed by atoms with van der Waals surface area (Å²) >= 11 is 5.72. The number of halogens is 1. The zero-order valence-electron chi connectivity index (χ0n) is 7.93. The quantitative estimate of drug-likeness (QED) is 0.644. The molecule has 2 rings (SSSR count). The van der Waals surface area contributed by atoms with Crippen molar-refractivity contribution in [1.82, 2.24) is 0 Å². The molecular weight excluding hydrogens is 188 g/mol. The van der Waals surface area contributed by atoms with Gasteiger partial charge in [-0.2, -0.15) is 0 Å². The first-order chi connectivity index (χ1) is 6.35. The van der Waals surface area contributed by atoms with E-state index in [9.17, 15) is 0 Å². The Morgan fingerprint density at radius 1 is 1.15 bits per heavy atom. The standard InChI is InChI=1S/C10H17ClO2/c11-6-3-9-1-4-10(5-2-9)12-7-8-13-10/h9H,1-8H2. The van der Waals surface area contributed by atoms with E-state index in [0.717, 1.165) is 44.3 Å². The molecule has 0 N–H and O–H groups in total. The second-order valence-corrected chi connectivity index (χ2v) is 4.41. The third kappa shape index (κ3) is 2.17. The summed E-state index contributed by atoms with van der Waals surface area (Å²) < 4.78 is 11.3. The van der Waals surface area contributed by atoms with Gasteiger partial charge in [-0.25, -0.2) is 0 Å². The van der Waals surface area contributed by atoms with Crippen LogP contribution >= 0.6 is 11.6 Å². The molecule has 1 heterocycles. The fraction of sp³-hybridized carbons (Fsp3) is 1.00. The van der Waals surface area contributed by atoms with Gasteiger partial charge in [-0.05, 0) is 25.2 Å². The van der Waals surface area contributed by atoms with E-state index in [4.69, 9.17) is 21.1 Å². The number of hydrogen-bond donors (Lipinski definition) is 0. The van der Waals surface area contributed by atoms with Crippen molar-refractivity contribution in [3.8, 4) is 0 Å². The van der Waals surface area contributed by atoms with Gasteiger partial charge in [0.1, 0.15) is 0 Å². The molecule has 2 aliphatic rings. The van der Waals surface area contributed by atoms with Gasteiger partial charge < -0.3 is 9.47 Å². The molecule has 0 aromatic carbocycles. The monoisotopic (exact) mass is 204 g/mol. The van der Waals surface area contributed by atoms with Crippen LogP contribution in [-0.2, 0) is 9.47 Å². The Bertz CT molecular complexity index is 156. The van der Waals surface area contributed by atoms with Crippen LogP contribution < -0.4 is 0 Å². The molecule has 0 radical (unpaired) electrons. The largest absolute Gasteiger partial charge is 0.348 e. The summed E-state index contributed by atoms with van der Waals surface area (Å²) in [6.07, 6.45) is 5.71. The molecule has 76 valence electrons. The third-order valence-electron chi connectivity index (χ3n) is 3.20. The van der Waals surface area contributed by atoms with Crippen molar-refractivity contribution in [2.75, 3.05) is 19.1 Å². The Morgan fingerprint density at radius 3 is 2.31 bits per heavy atom. The Kier molecular flexibility index (Phi) is 3.12. The van der Waals surface area contributed by atoms with Gasteiger partial charge in [0.25, 0.3) is 0 Å². The topological polar surface area (TPSA) is 18.5 Å². The van der Waals surface area contributed by atoms with Crippen molar-refractivity contribution in [1.29, 1.82) is 0 Å². The molecule has 0 bridgehead atoms. The molecule has 1 spiro atoms. The summed E-state index contributed by atoms with van der Waals surface area (Å²) in [4.78, 5) is 0. The van der Waals surface area contributed by atoms with Gasteiger partial charge in [0.15, 0.2) is 5.79 Å². The lowest BCUT2D eigenvalue weighted by molar-refractivity contribution is -0.182. The van der Waals surface area contributed by atoms with Crippen LogP contribution in [0.3, 0.4) is 0 Å². The highest BCUT2D eigenvalue weighted by Gasteiger charge is 2.39. The van der Waals surface area contributed by atoms with Crippen molar-refractivity contribution >= 4 is 11.6 Å². The van der Waals surface area contributed by atoms with Crippen LogP contribution in [0.1, 0.15) is 32.1 Å². The minimum Gasteiger partial charge on any atom is -0.348 e. The molecule has 1 saturated heterocycles. The molecule has 2 nitrogen and oxygen atoms in total. The van der Waals surface area contributed by atoms with E-state index in [2.05, 4.69) is 0 Å². The summed E-state index contributed by atoms with van der Waals surface area (Å²) in [6.45, 7) is 1.56. The SMILES string of the molecule is ClCCC1CCC2(CC1)OCCO2. The van der Waals surface area contributed by atoms with Crippen molar-refractivity contribution < 1.29 is 9.47 Å². The van der Waals surface area contributed by atoms with Crippen molar-refractivity contribution in [2.24, 2.45) is 5.92 Å². The van der Waals surface area contributed by atoms with E-state index < -0.39 is 0 Å². The molecule has 13 heavy (non-hydrogen) atoms. The zero-order chi connectivity index (χ0) is 9.15. The van der Waals surface area contributed by atoms with Crippen molar-refractivity contribution in [3.05, 3.63) is 0 Å². The van der Waals surface area contributed by atoms with E-state index in [1.165, 1.54) is 12.8 Å². The Balaban J connectivity index is 1.81. The summed E-state index contributed by atoms with van der Waals surface area (Å²) in [7, 11) is 0. The molecule has 0 unspecified atom stereocenters. The average Bonchev–Trinajstić information content (AvgIpc) is 2.59. The maximum absolute atomic E-state index is 5.72. The van der Waals surface area contributed by atoms with E-state index in [-0.39, 0.29) is 5.79 Å². The smallest absolute Gasteiger partial charge is 0.168 e. The first-order valence-corrected chi connectivity index (χ1v) is 5.72. The first-order valence-electron chi connectivity index (χ1n) is 5.18. The van der Waals surface area contributed by atoms with Crippen LogP contribution in [0.25, 0.3) is 0 Å². The van der Waals surface area contributed by atoms with Crippen molar-refractivity contribution in [2.45, 2.75) is 37.9 Å². The molecule has 3 heteroatoms. The Morgan fingerprint density at radius 2 is 1.77 bits per heavy atom. The number of hydrogen-bond acceptors (Lipinski definition) is 2. The lowest BCUT2D eigenvalue weighted by atomic mass is 9.84. The van der Waals surface area contributed by atoms with E-state index in [1.807, 2.05) is 0 Å². The summed E-state index contributed by atoms with van der Waals surface area (Å²) in [5, 5.41) is 0. The Hall–Kier alpha value is 0.210. The molecule has 2 fully saturated rings. The lowest BCUT2D eigenvalue weighted by Gasteiger charge is -2.35. The van der Waals surface area contributed by atoms with Gasteiger partial charge in [0.05, 0.1) is 13.2 Å². The highest BCUT2D eigenvalue weighted by molar-refractivity contribution is 6.17. The normalized spacial score (nSPS) is 28.4. The van der Waals surface area contributed by atoms with Gasteiger partial charge in [-0.15, -0.1) is 11.6 Å². The van der Waals surface area contributed by atoms with E-state index in [1.54, 1.807) is 0 Å². The van der Waals surface area contributed by atoms with Gasteiger partial charge in [0.2, 0.25) is 0 Å². The predicted molar refractivity (Wildman–Crippen MR) is 51.9 cm³/mol. The average molecular weight is 205 g/mol. The Labute approximate surface area is 84.5 Å². The van der Waals surface area contributed by atoms with E-state index in [0.29, 0.717) is 0 Å². The molecule has 0 aromatic rings. The fourth-order valence-electron chi connectivity index (χ4n) is 2.35. The van der Waals surface area contributed by atoms with Crippen LogP contribution in [0.4, 0.5) is 0 Å². The van der Waals surface area contributed by atoms with Gasteiger partial charge in [-0.3, -0.25) is 0 Å². The molecular formula is C10H17ClO2. The highest BCUT2D eigenvalue weighted by atomic mass is 35.5. The minimum absolute atomic E-state index is 0.192. The van der Waals surface area contributed by atoms with Crippen LogP contribution in [0, 0.1) is 5.92 Å². The van der Waals surface area contributed by atoms with Crippen LogP contribution in [0.5, 0.6) is 0 Å². The first kappa shape index (κ1) is 9.75. The fourth-order valence-corrected chi connectivity index (χ4v) is 2.65. The maximum Gasteiger partial charge on any atom is 0.168 e. The highest BCUT2D eigenvalue weighted by Crippen LogP contribution is 2.39. The minimum atomic E-state index is -0.192. The van der Waals surface area contributed by atoms with Gasteiger partial charge >= 0.3 is 0 Å². The van der Waals surface area contributed by atoms with Gasteiger partial charge in [0, 0.05) is 18.7 Å². The second-order valence-electron chi connectivity index (χ2n) is 4.03. The molecule has 0 amide bonds. The lowest BCUT2D eigenvalue weighted by Crippen LogP contribution is -2.35. The molecule has 1 aliphatic heterocycles. The molecule has 0 aromatic heterocycles. The van der Waals surface area contributed by atoms with E-state index >= 15 is 0 Å². The number of alkyl halides is 1. The summed E-state index contributed by atoms with van der Waals surface area (Å²) in [5.41, 5.74) is 0. The molecule has 1 aliphatic carbocycles. The number of rotatable bonds is 2. The van der Waals surface area contributed by atoms with Crippen LogP contribution in [-0.4, -0.2) is 24.9 Å².